The van der Waals surface area contributed by atoms with E-state index in [1.165, 1.54) is 29.2 Å². The smallest absolute Gasteiger partial charge is 0.292 e. The van der Waals surface area contributed by atoms with E-state index in [9.17, 15) is 10.1 Å². The summed E-state index contributed by atoms with van der Waals surface area (Å²) in [6.45, 7) is 1.89. The van der Waals surface area contributed by atoms with Crippen LogP contribution >= 0.6 is 23.1 Å². The van der Waals surface area contributed by atoms with Crippen LogP contribution in [-0.4, -0.2) is 15.1 Å². The third-order valence-electron chi connectivity index (χ3n) is 2.16. The predicted molar refractivity (Wildman–Crippen MR) is 71.7 cm³/mol. The number of nitro groups is 1. The maximum absolute atomic E-state index is 10.6. The normalized spacial score (nSPS) is 10.5. The molecule has 0 saturated heterocycles. The number of aryl methyl sites for hydroxylation is 1. The van der Waals surface area contributed by atoms with Crippen molar-refractivity contribution < 1.29 is 4.92 Å². The lowest BCUT2D eigenvalue weighted by Crippen LogP contribution is -1.96. The van der Waals surface area contributed by atoms with Gasteiger partial charge in [0.25, 0.3) is 5.69 Å². The molecule has 1 heterocycles. The van der Waals surface area contributed by atoms with Crippen LogP contribution in [0.15, 0.2) is 22.5 Å². The molecule has 0 aliphatic rings. The molecule has 2 aromatic rings. The van der Waals surface area contributed by atoms with Gasteiger partial charge in [0.05, 0.1) is 4.92 Å². The van der Waals surface area contributed by atoms with E-state index >= 15 is 0 Å². The van der Waals surface area contributed by atoms with Gasteiger partial charge in [0.2, 0.25) is 0 Å². The predicted octanol–water partition coefficient (Wildman–Crippen LogP) is 2.63. The second-order valence-corrected chi connectivity index (χ2v) is 5.93. The number of benzene rings is 1. The molecule has 0 aliphatic carbocycles. The second kappa shape index (κ2) is 5.32. The minimum absolute atomic E-state index is 0.0597. The van der Waals surface area contributed by atoms with Crippen molar-refractivity contribution in [1.82, 2.24) is 10.2 Å². The highest BCUT2D eigenvalue weighted by molar-refractivity contribution is 8.00. The van der Waals surface area contributed by atoms with E-state index in [1.807, 2.05) is 6.92 Å². The van der Waals surface area contributed by atoms with E-state index < -0.39 is 4.92 Å². The molecule has 2 rings (SSSR count). The van der Waals surface area contributed by atoms with Crippen molar-refractivity contribution in [3.05, 3.63) is 38.9 Å². The van der Waals surface area contributed by atoms with Crippen molar-refractivity contribution in [2.45, 2.75) is 17.0 Å². The molecule has 1 aromatic heterocycles. The summed E-state index contributed by atoms with van der Waals surface area (Å²) >= 11 is 3.06. The molecule has 8 heteroatoms. The Bertz CT molecular complexity index is 585. The lowest BCUT2D eigenvalue weighted by molar-refractivity contribution is -0.383. The summed E-state index contributed by atoms with van der Waals surface area (Å²) in [5.41, 5.74) is 6.67. The molecule has 0 spiro atoms. The molecule has 1 aromatic carbocycles. The van der Waals surface area contributed by atoms with Gasteiger partial charge in [-0.3, -0.25) is 10.1 Å². The van der Waals surface area contributed by atoms with E-state index in [2.05, 4.69) is 10.2 Å². The molecule has 0 atom stereocenters. The molecular weight excluding hydrogens is 272 g/mol. The number of nitrogen functional groups attached to an aromatic ring is 1. The van der Waals surface area contributed by atoms with E-state index in [0.717, 1.165) is 14.9 Å². The van der Waals surface area contributed by atoms with E-state index in [4.69, 9.17) is 5.73 Å². The Hall–Kier alpha value is -1.67. The Balaban J connectivity index is 2.06. The highest BCUT2D eigenvalue weighted by Crippen LogP contribution is 2.28. The molecule has 0 bridgehead atoms. The Morgan fingerprint density at radius 3 is 2.83 bits per heavy atom. The average molecular weight is 282 g/mol. The van der Waals surface area contributed by atoms with Crippen LogP contribution in [0.25, 0.3) is 0 Å². The number of nitrogens with two attached hydrogens (primary N) is 1. The first-order valence-corrected chi connectivity index (χ1v) is 6.82. The minimum Gasteiger partial charge on any atom is -0.393 e. The summed E-state index contributed by atoms with van der Waals surface area (Å²) < 4.78 is 0.879. The highest BCUT2D eigenvalue weighted by atomic mass is 32.2. The summed E-state index contributed by atoms with van der Waals surface area (Å²) in [7, 11) is 0. The molecule has 0 unspecified atom stereocenters. The van der Waals surface area contributed by atoms with Crippen LogP contribution in [0.5, 0.6) is 0 Å². The largest absolute Gasteiger partial charge is 0.393 e. The molecule has 94 valence electrons. The second-order valence-electron chi connectivity index (χ2n) is 3.53. The molecule has 2 N–H and O–H groups in total. The van der Waals surface area contributed by atoms with Crippen LogP contribution in [-0.2, 0) is 5.75 Å². The highest BCUT2D eigenvalue weighted by Gasteiger charge is 2.11. The molecular formula is C10H10N4O2S2. The van der Waals surface area contributed by atoms with Crippen molar-refractivity contribution >= 4 is 34.5 Å². The van der Waals surface area contributed by atoms with Gasteiger partial charge < -0.3 is 5.73 Å². The number of nitro benzene ring substituents is 1. The summed E-state index contributed by atoms with van der Waals surface area (Å²) in [5, 5.41) is 19.4. The van der Waals surface area contributed by atoms with Crippen molar-refractivity contribution in [1.29, 1.82) is 0 Å². The Kier molecular flexibility index (Phi) is 3.78. The molecule has 0 fully saturated rings. The van der Waals surface area contributed by atoms with Crippen LogP contribution in [0.1, 0.15) is 10.6 Å². The lowest BCUT2D eigenvalue weighted by Gasteiger charge is -2.01. The zero-order valence-electron chi connectivity index (χ0n) is 9.49. The number of rotatable bonds is 4. The standard InChI is InChI=1S/C10H10N4O2S2/c1-6-12-13-10(18-6)17-5-7-2-3-9(14(15)16)8(11)4-7/h2-4H,5,11H2,1H3. The number of nitrogens with zero attached hydrogens (tertiary/aromatic N) is 3. The maximum atomic E-state index is 10.6. The molecule has 0 radical (unpaired) electrons. The summed E-state index contributed by atoms with van der Waals surface area (Å²) in [4.78, 5) is 10.1. The Morgan fingerprint density at radius 1 is 1.50 bits per heavy atom. The van der Waals surface area contributed by atoms with Gasteiger partial charge in [0.15, 0.2) is 4.34 Å². The third kappa shape index (κ3) is 2.96. The van der Waals surface area contributed by atoms with E-state index in [0.29, 0.717) is 5.75 Å². The first-order chi connectivity index (χ1) is 8.56. The van der Waals surface area contributed by atoms with Gasteiger partial charge in [-0.05, 0) is 18.6 Å². The van der Waals surface area contributed by atoms with Gasteiger partial charge in [-0.1, -0.05) is 29.2 Å². The number of thioether (sulfide) groups is 1. The van der Waals surface area contributed by atoms with Crippen molar-refractivity contribution in [3.8, 4) is 0 Å². The lowest BCUT2D eigenvalue weighted by atomic mass is 10.2. The molecule has 0 amide bonds. The van der Waals surface area contributed by atoms with Gasteiger partial charge in [-0.2, -0.15) is 0 Å². The van der Waals surface area contributed by atoms with Crippen LogP contribution in [0.2, 0.25) is 0 Å². The molecule has 0 aliphatic heterocycles. The number of anilines is 1. The van der Waals surface area contributed by atoms with Gasteiger partial charge in [0.1, 0.15) is 10.7 Å². The quantitative estimate of drug-likeness (QED) is 0.401. The average Bonchev–Trinajstić information content (AvgIpc) is 2.72. The molecule has 6 nitrogen and oxygen atoms in total. The van der Waals surface area contributed by atoms with E-state index in [-0.39, 0.29) is 11.4 Å². The number of hydrogen-bond donors (Lipinski definition) is 1. The maximum Gasteiger partial charge on any atom is 0.292 e. The molecule has 0 saturated carbocycles. The number of hydrogen-bond acceptors (Lipinski definition) is 7. The van der Waals surface area contributed by atoms with Crippen LogP contribution in [0.3, 0.4) is 0 Å². The molecule has 18 heavy (non-hydrogen) atoms. The SMILES string of the molecule is Cc1nnc(SCc2ccc([N+](=O)[O-])c(N)c2)s1. The number of aromatic nitrogens is 2. The van der Waals surface area contributed by atoms with Crippen LogP contribution in [0.4, 0.5) is 11.4 Å². The monoisotopic (exact) mass is 282 g/mol. The van der Waals surface area contributed by atoms with E-state index in [1.54, 1.807) is 12.1 Å². The van der Waals surface area contributed by atoms with Gasteiger partial charge in [-0.25, -0.2) is 0 Å². The van der Waals surface area contributed by atoms with Gasteiger partial charge in [-0.15, -0.1) is 10.2 Å². The fourth-order valence-electron chi connectivity index (χ4n) is 1.34. The first-order valence-electron chi connectivity index (χ1n) is 5.02. The van der Waals surface area contributed by atoms with Gasteiger partial charge >= 0.3 is 0 Å². The van der Waals surface area contributed by atoms with Crippen molar-refractivity contribution in [2.24, 2.45) is 0 Å². The van der Waals surface area contributed by atoms with Crippen LogP contribution < -0.4 is 5.73 Å². The summed E-state index contributed by atoms with van der Waals surface area (Å²) in [6.07, 6.45) is 0. The zero-order chi connectivity index (χ0) is 13.1. The summed E-state index contributed by atoms with van der Waals surface area (Å²) in [5.74, 6) is 0.664. The third-order valence-corrected chi connectivity index (χ3v) is 4.20. The Morgan fingerprint density at radius 2 is 2.28 bits per heavy atom. The van der Waals surface area contributed by atoms with Gasteiger partial charge in [0, 0.05) is 11.8 Å². The minimum atomic E-state index is -0.486. The van der Waals surface area contributed by atoms with Crippen LogP contribution in [0, 0.1) is 17.0 Å². The zero-order valence-corrected chi connectivity index (χ0v) is 11.1. The summed E-state index contributed by atoms with van der Waals surface area (Å²) in [6, 6.07) is 4.75. The van der Waals surface area contributed by atoms with Crippen molar-refractivity contribution in [3.63, 3.8) is 0 Å². The van der Waals surface area contributed by atoms with Crippen molar-refractivity contribution in [2.75, 3.05) is 5.73 Å². The fourth-order valence-corrected chi connectivity index (χ4v) is 3.10. The fraction of sp³-hybridized carbons (Fsp3) is 0.200. The Labute approximate surface area is 111 Å². The first kappa shape index (κ1) is 12.8. The topological polar surface area (TPSA) is 94.9 Å².